The number of carbonyl (C=O) groups is 4. The highest BCUT2D eigenvalue weighted by molar-refractivity contribution is 5.86. The lowest BCUT2D eigenvalue weighted by Gasteiger charge is -2.15. The number of primary amides is 1. The SMILES string of the molecule is CCC(=O)NCCCCC(NC(=O)CCNC(=O)CC)C(N)=O.[HH].[HH]. The maximum absolute atomic E-state index is 11.7. The summed E-state index contributed by atoms with van der Waals surface area (Å²) >= 11 is 0. The number of rotatable bonds is 12. The first kappa shape index (κ1) is 20.9. The quantitative estimate of drug-likeness (QED) is 0.376. The van der Waals surface area contributed by atoms with Crippen molar-refractivity contribution < 1.29 is 22.0 Å². The molecule has 0 bridgehead atoms. The summed E-state index contributed by atoms with van der Waals surface area (Å²) < 4.78 is 0. The van der Waals surface area contributed by atoms with Crippen LogP contribution in [0, 0.1) is 0 Å². The first-order chi connectivity index (χ1) is 10.9. The Kier molecular flexibility index (Phi) is 11.3. The number of hydrogen-bond donors (Lipinski definition) is 4. The molecule has 0 rings (SSSR count). The Hall–Kier alpha value is -2.12. The number of carbonyl (C=O) groups excluding carboxylic acids is 4. The van der Waals surface area contributed by atoms with Crippen molar-refractivity contribution in [2.24, 2.45) is 5.73 Å². The van der Waals surface area contributed by atoms with Crippen LogP contribution in [0.3, 0.4) is 0 Å². The molecule has 0 radical (unpaired) electrons. The summed E-state index contributed by atoms with van der Waals surface area (Å²) in [6, 6.07) is -0.730. The van der Waals surface area contributed by atoms with Gasteiger partial charge in [0.1, 0.15) is 6.04 Å². The summed E-state index contributed by atoms with van der Waals surface area (Å²) in [6.45, 7) is 4.26. The van der Waals surface area contributed by atoms with Crippen LogP contribution in [0.4, 0.5) is 0 Å². The monoisotopic (exact) mass is 332 g/mol. The highest BCUT2D eigenvalue weighted by Gasteiger charge is 2.17. The lowest BCUT2D eigenvalue weighted by Crippen LogP contribution is -2.45. The van der Waals surface area contributed by atoms with E-state index in [0.717, 1.165) is 0 Å². The molecule has 0 aromatic rings. The average molecular weight is 332 g/mol. The van der Waals surface area contributed by atoms with Gasteiger partial charge in [-0.15, -0.1) is 0 Å². The van der Waals surface area contributed by atoms with Crippen LogP contribution in [0.5, 0.6) is 0 Å². The van der Waals surface area contributed by atoms with Gasteiger partial charge in [-0.25, -0.2) is 0 Å². The number of unbranched alkanes of at least 4 members (excludes halogenated alkanes) is 1. The lowest BCUT2D eigenvalue weighted by atomic mass is 10.1. The number of hydrogen-bond acceptors (Lipinski definition) is 4. The molecule has 136 valence electrons. The molecule has 5 N–H and O–H groups in total. The van der Waals surface area contributed by atoms with Gasteiger partial charge in [-0.1, -0.05) is 13.8 Å². The number of nitrogens with one attached hydrogen (secondary N) is 3. The molecule has 0 spiro atoms. The van der Waals surface area contributed by atoms with E-state index in [2.05, 4.69) is 16.0 Å². The molecular formula is C15H32N4O4. The van der Waals surface area contributed by atoms with E-state index in [0.29, 0.717) is 38.6 Å². The van der Waals surface area contributed by atoms with Crippen LogP contribution in [-0.4, -0.2) is 42.8 Å². The minimum atomic E-state index is -0.730. The Labute approximate surface area is 139 Å². The van der Waals surface area contributed by atoms with Gasteiger partial charge in [-0.2, -0.15) is 0 Å². The largest absolute Gasteiger partial charge is 0.368 e. The van der Waals surface area contributed by atoms with Gasteiger partial charge < -0.3 is 21.7 Å². The molecule has 0 aliphatic carbocycles. The molecule has 0 aliphatic rings. The normalized spacial score (nSPS) is 11.4. The van der Waals surface area contributed by atoms with Gasteiger partial charge >= 0.3 is 0 Å². The molecule has 0 fully saturated rings. The Morgan fingerprint density at radius 3 is 2.00 bits per heavy atom. The zero-order valence-electron chi connectivity index (χ0n) is 13.9. The predicted octanol–water partition coefficient (Wildman–Crippen LogP) is 0.0613. The highest BCUT2D eigenvalue weighted by Crippen LogP contribution is 2.01. The van der Waals surface area contributed by atoms with E-state index >= 15 is 0 Å². The Bertz CT molecular complexity index is 422. The van der Waals surface area contributed by atoms with Crippen LogP contribution in [0.2, 0.25) is 0 Å². The van der Waals surface area contributed by atoms with Crippen molar-refractivity contribution in [3.05, 3.63) is 0 Å². The molecule has 0 saturated carbocycles. The van der Waals surface area contributed by atoms with Crippen molar-refractivity contribution in [2.45, 2.75) is 58.4 Å². The van der Waals surface area contributed by atoms with Crippen molar-refractivity contribution in [3.63, 3.8) is 0 Å². The van der Waals surface area contributed by atoms with Crippen LogP contribution >= 0.6 is 0 Å². The summed E-state index contributed by atoms with van der Waals surface area (Å²) in [6.07, 6.45) is 2.68. The Balaban J connectivity index is -0.00000242. The van der Waals surface area contributed by atoms with Gasteiger partial charge in [-0.3, -0.25) is 19.2 Å². The minimum absolute atomic E-state index is 0. The smallest absolute Gasteiger partial charge is 0.239 e. The van der Waals surface area contributed by atoms with Crippen LogP contribution in [0.15, 0.2) is 0 Å². The summed E-state index contributed by atoms with van der Waals surface area (Å²) in [4.78, 5) is 45.2. The van der Waals surface area contributed by atoms with E-state index in [1.54, 1.807) is 13.8 Å². The van der Waals surface area contributed by atoms with Crippen molar-refractivity contribution >= 4 is 23.6 Å². The predicted molar refractivity (Wildman–Crippen MR) is 90.4 cm³/mol. The molecule has 0 aromatic heterocycles. The third-order valence-electron chi connectivity index (χ3n) is 3.24. The second-order valence-corrected chi connectivity index (χ2v) is 5.18. The van der Waals surface area contributed by atoms with E-state index in [-0.39, 0.29) is 33.5 Å². The molecule has 23 heavy (non-hydrogen) atoms. The second-order valence-electron chi connectivity index (χ2n) is 5.18. The molecular weight excluding hydrogens is 300 g/mol. The zero-order chi connectivity index (χ0) is 17.7. The highest BCUT2D eigenvalue weighted by atomic mass is 16.2. The van der Waals surface area contributed by atoms with Gasteiger partial charge in [-0.05, 0) is 19.3 Å². The molecule has 1 unspecified atom stereocenters. The second kappa shape index (κ2) is 12.4. The minimum Gasteiger partial charge on any atom is -0.368 e. The van der Waals surface area contributed by atoms with Crippen molar-refractivity contribution in [2.75, 3.05) is 13.1 Å². The van der Waals surface area contributed by atoms with E-state index in [9.17, 15) is 19.2 Å². The number of nitrogens with two attached hydrogens (primary N) is 1. The molecule has 8 heteroatoms. The van der Waals surface area contributed by atoms with Gasteiger partial charge in [0.05, 0.1) is 0 Å². The maximum Gasteiger partial charge on any atom is 0.239 e. The summed E-state index contributed by atoms with van der Waals surface area (Å²) in [5.41, 5.74) is 5.27. The molecule has 1 atom stereocenters. The molecule has 8 nitrogen and oxygen atoms in total. The first-order valence-electron chi connectivity index (χ1n) is 8.02. The van der Waals surface area contributed by atoms with E-state index in [1.165, 1.54) is 0 Å². The number of amides is 4. The van der Waals surface area contributed by atoms with Gasteiger partial charge in [0.25, 0.3) is 0 Å². The Morgan fingerprint density at radius 1 is 0.913 bits per heavy atom. The van der Waals surface area contributed by atoms with Gasteiger partial charge in [0.2, 0.25) is 23.6 Å². The zero-order valence-corrected chi connectivity index (χ0v) is 13.9. The van der Waals surface area contributed by atoms with Crippen LogP contribution in [0.1, 0.15) is 55.2 Å². The van der Waals surface area contributed by atoms with Crippen molar-refractivity contribution in [3.8, 4) is 0 Å². The first-order valence-corrected chi connectivity index (χ1v) is 8.02. The summed E-state index contributed by atoms with van der Waals surface area (Å²) in [5, 5.41) is 7.89. The lowest BCUT2D eigenvalue weighted by molar-refractivity contribution is -0.127. The maximum atomic E-state index is 11.7. The van der Waals surface area contributed by atoms with E-state index in [4.69, 9.17) is 5.73 Å². The molecule has 0 heterocycles. The van der Waals surface area contributed by atoms with E-state index < -0.39 is 11.9 Å². The molecule has 0 saturated heterocycles. The standard InChI is InChI=1S/C15H28N4O4.2H2/c1-3-12(20)17-9-6-5-7-11(15(16)23)19-14(22)8-10-18-13(21)4-2;;/h11H,3-10H2,1-2H3,(H2,16,23)(H,17,20)(H,18,21)(H,19,22);2*1H. The molecule has 4 amide bonds. The summed E-state index contributed by atoms with van der Waals surface area (Å²) in [7, 11) is 0. The van der Waals surface area contributed by atoms with Crippen molar-refractivity contribution in [1.82, 2.24) is 16.0 Å². The van der Waals surface area contributed by atoms with Crippen LogP contribution in [-0.2, 0) is 19.2 Å². The van der Waals surface area contributed by atoms with E-state index in [1.807, 2.05) is 0 Å². The third kappa shape index (κ3) is 11.1. The fourth-order valence-electron chi connectivity index (χ4n) is 1.82. The van der Waals surface area contributed by atoms with Crippen LogP contribution in [0.25, 0.3) is 0 Å². The fourth-order valence-corrected chi connectivity index (χ4v) is 1.82. The molecule has 0 aromatic carbocycles. The van der Waals surface area contributed by atoms with Crippen LogP contribution < -0.4 is 21.7 Å². The summed E-state index contributed by atoms with van der Waals surface area (Å²) in [5.74, 6) is -1.06. The average Bonchev–Trinajstić information content (AvgIpc) is 2.52. The Morgan fingerprint density at radius 2 is 1.48 bits per heavy atom. The third-order valence-corrected chi connectivity index (χ3v) is 3.24. The molecule has 0 aliphatic heterocycles. The van der Waals surface area contributed by atoms with Gasteiger partial charge in [0.15, 0.2) is 0 Å². The topological polar surface area (TPSA) is 130 Å². The van der Waals surface area contributed by atoms with Gasteiger partial charge in [0, 0.05) is 35.2 Å². The van der Waals surface area contributed by atoms with Crippen molar-refractivity contribution in [1.29, 1.82) is 0 Å². The fraction of sp³-hybridized carbons (Fsp3) is 0.733.